The van der Waals surface area contributed by atoms with Crippen molar-refractivity contribution in [2.24, 2.45) is 0 Å². The van der Waals surface area contributed by atoms with E-state index < -0.39 is 18.1 Å². The Morgan fingerprint density at radius 2 is 1.81 bits per heavy atom. The topological polar surface area (TPSA) is 66.8 Å². The van der Waals surface area contributed by atoms with Crippen LogP contribution in [0.5, 0.6) is 0 Å². The first-order valence-corrected chi connectivity index (χ1v) is 9.08. The number of nitrogens with zero attached hydrogens (tertiary/aromatic N) is 1. The Morgan fingerprint density at radius 1 is 1.15 bits per heavy atom. The van der Waals surface area contributed by atoms with Gasteiger partial charge in [-0.1, -0.05) is 58.4 Å². The van der Waals surface area contributed by atoms with Crippen LogP contribution in [0.2, 0.25) is 0 Å². The lowest BCUT2D eigenvalue weighted by Gasteiger charge is -2.32. The number of carbonyl (C=O) groups excluding carboxylic acids is 1. The summed E-state index contributed by atoms with van der Waals surface area (Å²) in [6.07, 6.45) is -0.656. The van der Waals surface area contributed by atoms with Crippen molar-refractivity contribution in [1.29, 1.82) is 0 Å². The quantitative estimate of drug-likeness (QED) is 0.720. The largest absolute Gasteiger partial charge is 0.479 e. The van der Waals surface area contributed by atoms with E-state index in [1.54, 1.807) is 32.0 Å². The van der Waals surface area contributed by atoms with Crippen LogP contribution in [0.1, 0.15) is 36.6 Å². The molecule has 26 heavy (non-hydrogen) atoms. The molecule has 0 aromatic heterocycles. The molecule has 5 nitrogen and oxygen atoms in total. The van der Waals surface area contributed by atoms with E-state index in [0.717, 1.165) is 15.6 Å². The van der Waals surface area contributed by atoms with E-state index in [0.29, 0.717) is 5.56 Å². The van der Waals surface area contributed by atoms with Gasteiger partial charge in [0.25, 0.3) is 0 Å². The summed E-state index contributed by atoms with van der Waals surface area (Å²) in [5.74, 6) is -1.10. The van der Waals surface area contributed by atoms with Crippen LogP contribution in [-0.2, 0) is 16.1 Å². The van der Waals surface area contributed by atoms with Gasteiger partial charge in [0.1, 0.15) is 6.61 Å². The predicted molar refractivity (Wildman–Crippen MR) is 103 cm³/mol. The highest BCUT2D eigenvalue weighted by molar-refractivity contribution is 9.10. The van der Waals surface area contributed by atoms with Crippen LogP contribution in [0.4, 0.5) is 4.79 Å². The minimum absolute atomic E-state index is 0.0919. The van der Waals surface area contributed by atoms with Crippen LogP contribution >= 0.6 is 15.9 Å². The summed E-state index contributed by atoms with van der Waals surface area (Å²) < 4.78 is 6.26. The second kappa shape index (κ2) is 8.85. The summed E-state index contributed by atoms with van der Waals surface area (Å²) in [4.78, 5) is 25.9. The number of carbonyl (C=O) groups is 2. The Bertz CT molecular complexity index is 777. The molecule has 2 rings (SSSR count). The lowest BCUT2D eigenvalue weighted by Crippen LogP contribution is -2.43. The molecule has 0 aliphatic carbocycles. The molecule has 0 radical (unpaired) electrons. The number of hydrogen-bond donors (Lipinski definition) is 1. The third-order valence-corrected chi connectivity index (χ3v) is 4.87. The van der Waals surface area contributed by atoms with E-state index in [-0.39, 0.29) is 12.6 Å². The SMILES string of the molecule is Cc1cc(C(C(=O)O)N(C(=O)OCc2ccccc2)C(C)C)ccc1Br. The molecular weight excluding hydrogens is 398 g/mol. The number of amides is 1. The van der Waals surface area contributed by atoms with Crippen molar-refractivity contribution in [3.63, 3.8) is 0 Å². The number of benzene rings is 2. The highest BCUT2D eigenvalue weighted by Gasteiger charge is 2.34. The summed E-state index contributed by atoms with van der Waals surface area (Å²) in [5.41, 5.74) is 2.27. The first kappa shape index (κ1) is 20.0. The molecule has 1 atom stereocenters. The molecule has 1 N–H and O–H groups in total. The summed E-state index contributed by atoms with van der Waals surface area (Å²) in [5, 5.41) is 9.78. The zero-order chi connectivity index (χ0) is 19.3. The molecule has 2 aromatic carbocycles. The Hall–Kier alpha value is -2.34. The van der Waals surface area contributed by atoms with Crippen LogP contribution in [0.15, 0.2) is 53.0 Å². The van der Waals surface area contributed by atoms with E-state index >= 15 is 0 Å². The Kier molecular flexibility index (Phi) is 6.80. The van der Waals surface area contributed by atoms with Crippen molar-refractivity contribution >= 4 is 28.0 Å². The molecule has 0 aliphatic rings. The molecule has 0 fully saturated rings. The van der Waals surface area contributed by atoms with Crippen molar-refractivity contribution in [1.82, 2.24) is 4.90 Å². The monoisotopic (exact) mass is 419 g/mol. The lowest BCUT2D eigenvalue weighted by atomic mass is 10.0. The second-order valence-corrected chi connectivity index (χ2v) is 7.14. The van der Waals surface area contributed by atoms with Crippen LogP contribution in [0, 0.1) is 6.92 Å². The standard InChI is InChI=1S/C20H22BrNO4/c1-13(2)22(20(25)26-12-15-7-5-4-6-8-15)18(19(23)24)16-9-10-17(21)14(3)11-16/h4-11,13,18H,12H2,1-3H3,(H,23,24). The van der Waals surface area contributed by atoms with E-state index in [1.165, 1.54) is 4.90 Å². The zero-order valence-corrected chi connectivity index (χ0v) is 16.6. The highest BCUT2D eigenvalue weighted by atomic mass is 79.9. The molecule has 0 bridgehead atoms. The van der Waals surface area contributed by atoms with Gasteiger partial charge < -0.3 is 9.84 Å². The Labute approximate surface area is 161 Å². The first-order valence-electron chi connectivity index (χ1n) is 8.29. The van der Waals surface area contributed by atoms with Gasteiger partial charge in [0.2, 0.25) is 0 Å². The van der Waals surface area contributed by atoms with Gasteiger partial charge in [-0.15, -0.1) is 0 Å². The highest BCUT2D eigenvalue weighted by Crippen LogP contribution is 2.28. The fourth-order valence-corrected chi connectivity index (χ4v) is 2.91. The lowest BCUT2D eigenvalue weighted by molar-refractivity contribution is -0.143. The van der Waals surface area contributed by atoms with E-state index in [2.05, 4.69) is 15.9 Å². The van der Waals surface area contributed by atoms with Crippen molar-refractivity contribution in [2.75, 3.05) is 0 Å². The van der Waals surface area contributed by atoms with Crippen molar-refractivity contribution in [2.45, 2.75) is 39.5 Å². The van der Waals surface area contributed by atoms with Crippen LogP contribution in [0.25, 0.3) is 0 Å². The molecular formula is C20H22BrNO4. The smallest absolute Gasteiger partial charge is 0.411 e. The third kappa shape index (κ3) is 4.85. The molecule has 0 aliphatic heterocycles. The van der Waals surface area contributed by atoms with Crippen molar-refractivity contribution in [3.8, 4) is 0 Å². The molecule has 2 aromatic rings. The number of aliphatic carboxylic acids is 1. The normalized spacial score (nSPS) is 11.9. The third-order valence-electron chi connectivity index (χ3n) is 3.98. The summed E-state index contributed by atoms with van der Waals surface area (Å²) >= 11 is 3.41. The average Bonchev–Trinajstić information content (AvgIpc) is 2.60. The van der Waals surface area contributed by atoms with Gasteiger partial charge >= 0.3 is 12.1 Å². The molecule has 0 saturated carbocycles. The molecule has 0 spiro atoms. The van der Waals surface area contributed by atoms with Crippen molar-refractivity contribution < 1.29 is 19.4 Å². The molecule has 0 saturated heterocycles. The van der Waals surface area contributed by atoms with E-state index in [1.807, 2.05) is 37.3 Å². The van der Waals surface area contributed by atoms with E-state index in [9.17, 15) is 14.7 Å². The minimum Gasteiger partial charge on any atom is -0.479 e. The first-order chi connectivity index (χ1) is 12.3. The van der Waals surface area contributed by atoms with Gasteiger partial charge in [-0.05, 0) is 43.5 Å². The second-order valence-electron chi connectivity index (χ2n) is 6.29. The number of rotatable bonds is 6. The van der Waals surface area contributed by atoms with Gasteiger partial charge in [0.15, 0.2) is 6.04 Å². The van der Waals surface area contributed by atoms with Gasteiger partial charge in [-0.3, -0.25) is 4.90 Å². The number of ether oxygens (including phenoxy) is 1. The molecule has 138 valence electrons. The van der Waals surface area contributed by atoms with Crippen LogP contribution in [-0.4, -0.2) is 28.1 Å². The van der Waals surface area contributed by atoms with Gasteiger partial charge in [-0.25, -0.2) is 9.59 Å². The summed E-state index contributed by atoms with van der Waals surface area (Å²) in [6, 6.07) is 13.1. The minimum atomic E-state index is -1.12. The number of aryl methyl sites for hydroxylation is 1. The number of carboxylic acid groups (broad SMARTS) is 1. The van der Waals surface area contributed by atoms with Crippen molar-refractivity contribution in [3.05, 3.63) is 69.7 Å². The number of carboxylic acids is 1. The average molecular weight is 420 g/mol. The maximum Gasteiger partial charge on any atom is 0.411 e. The van der Waals surface area contributed by atoms with Gasteiger partial charge in [-0.2, -0.15) is 0 Å². The van der Waals surface area contributed by atoms with Crippen LogP contribution < -0.4 is 0 Å². The number of hydrogen-bond acceptors (Lipinski definition) is 3. The van der Waals surface area contributed by atoms with Crippen LogP contribution in [0.3, 0.4) is 0 Å². The van der Waals surface area contributed by atoms with E-state index in [4.69, 9.17) is 4.74 Å². The Balaban J connectivity index is 2.27. The summed E-state index contributed by atoms with van der Waals surface area (Å²) in [6.45, 7) is 5.51. The fourth-order valence-electron chi connectivity index (χ4n) is 2.67. The predicted octanol–water partition coefficient (Wildman–Crippen LogP) is 4.93. The summed E-state index contributed by atoms with van der Waals surface area (Å²) in [7, 11) is 0. The maximum absolute atomic E-state index is 12.7. The number of halogens is 1. The zero-order valence-electron chi connectivity index (χ0n) is 15.0. The molecule has 6 heteroatoms. The van der Waals surface area contributed by atoms with Gasteiger partial charge in [0.05, 0.1) is 0 Å². The van der Waals surface area contributed by atoms with Gasteiger partial charge in [0, 0.05) is 10.5 Å². The molecule has 0 heterocycles. The fraction of sp³-hybridized carbons (Fsp3) is 0.300. The maximum atomic E-state index is 12.7. The molecule has 1 amide bonds. The molecule has 1 unspecified atom stereocenters. The Morgan fingerprint density at radius 3 is 2.35 bits per heavy atom.